The number of benzene rings is 1. The first-order valence-corrected chi connectivity index (χ1v) is 7.29. The molecular formula is C16H22N4O. The Labute approximate surface area is 125 Å². The molecule has 0 bridgehead atoms. The van der Waals surface area contributed by atoms with Crippen molar-refractivity contribution < 1.29 is 4.74 Å². The Kier molecular flexibility index (Phi) is 4.85. The summed E-state index contributed by atoms with van der Waals surface area (Å²) in [5.74, 6) is 0.778. The lowest BCUT2D eigenvalue weighted by Gasteiger charge is -2.12. The first-order chi connectivity index (χ1) is 10.1. The van der Waals surface area contributed by atoms with Gasteiger partial charge in [0.1, 0.15) is 5.75 Å². The van der Waals surface area contributed by atoms with E-state index in [9.17, 15) is 0 Å². The summed E-state index contributed by atoms with van der Waals surface area (Å²) in [5.41, 5.74) is 10.7. The highest BCUT2D eigenvalue weighted by atomic mass is 16.5. The standard InChI is InChI=1S/C16H22N4O/c1-5-13-14(6-2)19-20-16(18-13)21-15-10(3)7-12(9-17)8-11(15)4/h7-8H,5-6,9,17H2,1-4H3. The summed E-state index contributed by atoms with van der Waals surface area (Å²) in [5, 5.41) is 8.27. The molecule has 112 valence electrons. The van der Waals surface area contributed by atoms with Gasteiger partial charge in [-0.25, -0.2) is 0 Å². The quantitative estimate of drug-likeness (QED) is 0.914. The molecule has 0 atom stereocenters. The van der Waals surface area contributed by atoms with Crippen LogP contribution in [0.5, 0.6) is 11.8 Å². The molecule has 0 aliphatic rings. The molecule has 0 saturated heterocycles. The summed E-state index contributed by atoms with van der Waals surface area (Å²) < 4.78 is 5.86. The Morgan fingerprint density at radius 3 is 2.14 bits per heavy atom. The van der Waals surface area contributed by atoms with Crippen molar-refractivity contribution >= 4 is 0 Å². The molecule has 5 heteroatoms. The van der Waals surface area contributed by atoms with Crippen molar-refractivity contribution in [2.45, 2.75) is 47.1 Å². The van der Waals surface area contributed by atoms with Crippen LogP contribution in [0.3, 0.4) is 0 Å². The fourth-order valence-electron chi connectivity index (χ4n) is 2.37. The number of rotatable bonds is 5. The predicted molar refractivity (Wildman–Crippen MR) is 82.5 cm³/mol. The van der Waals surface area contributed by atoms with E-state index in [1.807, 2.05) is 32.9 Å². The Morgan fingerprint density at radius 2 is 1.62 bits per heavy atom. The topological polar surface area (TPSA) is 73.9 Å². The molecule has 2 N–H and O–H groups in total. The van der Waals surface area contributed by atoms with Gasteiger partial charge in [0.25, 0.3) is 0 Å². The van der Waals surface area contributed by atoms with E-state index in [1.54, 1.807) is 0 Å². The van der Waals surface area contributed by atoms with Gasteiger partial charge in [-0.3, -0.25) is 0 Å². The molecule has 5 nitrogen and oxygen atoms in total. The second kappa shape index (κ2) is 6.63. The van der Waals surface area contributed by atoms with Gasteiger partial charge in [-0.2, -0.15) is 4.98 Å². The van der Waals surface area contributed by atoms with Gasteiger partial charge in [0, 0.05) is 6.54 Å². The second-order valence-electron chi connectivity index (χ2n) is 5.06. The molecule has 0 aliphatic carbocycles. The van der Waals surface area contributed by atoms with Crippen LogP contribution >= 0.6 is 0 Å². The minimum Gasteiger partial charge on any atom is -0.423 e. The highest BCUT2D eigenvalue weighted by Crippen LogP contribution is 2.28. The van der Waals surface area contributed by atoms with Crippen LogP contribution in [0.1, 0.15) is 41.9 Å². The van der Waals surface area contributed by atoms with Crippen molar-refractivity contribution in [2.75, 3.05) is 0 Å². The van der Waals surface area contributed by atoms with Crippen LogP contribution < -0.4 is 10.5 Å². The maximum Gasteiger partial charge on any atom is 0.341 e. The monoisotopic (exact) mass is 286 g/mol. The molecule has 0 unspecified atom stereocenters. The van der Waals surface area contributed by atoms with Gasteiger partial charge < -0.3 is 10.5 Å². The molecular weight excluding hydrogens is 264 g/mol. The number of nitrogens with zero attached hydrogens (tertiary/aromatic N) is 3. The Hall–Kier alpha value is -2.01. The van der Waals surface area contributed by atoms with Crippen molar-refractivity contribution in [1.82, 2.24) is 15.2 Å². The summed E-state index contributed by atoms with van der Waals surface area (Å²) in [6, 6.07) is 4.35. The zero-order chi connectivity index (χ0) is 15.4. The van der Waals surface area contributed by atoms with Crippen LogP contribution in [-0.2, 0) is 19.4 Å². The molecule has 1 aromatic carbocycles. The van der Waals surface area contributed by atoms with Gasteiger partial charge in [0.15, 0.2) is 0 Å². The summed E-state index contributed by atoms with van der Waals surface area (Å²) in [6.45, 7) is 8.61. The molecule has 1 aromatic heterocycles. The normalized spacial score (nSPS) is 10.7. The fraction of sp³-hybridized carbons (Fsp3) is 0.438. The number of nitrogens with two attached hydrogens (primary N) is 1. The van der Waals surface area contributed by atoms with Crippen LogP contribution in [0.2, 0.25) is 0 Å². The number of aryl methyl sites for hydroxylation is 4. The minimum atomic E-state index is 0.302. The van der Waals surface area contributed by atoms with Crippen LogP contribution in [-0.4, -0.2) is 15.2 Å². The van der Waals surface area contributed by atoms with Gasteiger partial charge >= 0.3 is 6.01 Å². The van der Waals surface area contributed by atoms with Crippen LogP contribution in [0.4, 0.5) is 0 Å². The number of ether oxygens (including phenoxy) is 1. The van der Waals surface area contributed by atoms with E-state index < -0.39 is 0 Å². The van der Waals surface area contributed by atoms with Crippen LogP contribution in [0, 0.1) is 13.8 Å². The molecule has 0 aliphatic heterocycles. The van der Waals surface area contributed by atoms with Gasteiger partial charge in [0.2, 0.25) is 0 Å². The Bertz CT molecular complexity index is 617. The molecule has 21 heavy (non-hydrogen) atoms. The zero-order valence-corrected chi connectivity index (χ0v) is 13.1. The largest absolute Gasteiger partial charge is 0.423 e. The van der Waals surface area contributed by atoms with E-state index in [-0.39, 0.29) is 0 Å². The smallest absolute Gasteiger partial charge is 0.341 e. The first kappa shape index (κ1) is 15.4. The summed E-state index contributed by atoms with van der Waals surface area (Å²) >= 11 is 0. The Balaban J connectivity index is 2.34. The summed E-state index contributed by atoms with van der Waals surface area (Å²) in [7, 11) is 0. The average molecular weight is 286 g/mol. The lowest BCUT2D eigenvalue weighted by Crippen LogP contribution is -2.06. The Morgan fingerprint density at radius 1 is 1.00 bits per heavy atom. The highest BCUT2D eigenvalue weighted by molar-refractivity contribution is 5.44. The summed E-state index contributed by atoms with van der Waals surface area (Å²) in [4.78, 5) is 4.46. The van der Waals surface area contributed by atoms with Gasteiger partial charge in [-0.1, -0.05) is 31.1 Å². The molecule has 2 aromatic rings. The third-order valence-corrected chi connectivity index (χ3v) is 3.44. The molecule has 1 heterocycles. The SMILES string of the molecule is CCc1nnc(Oc2c(C)cc(CN)cc2C)nc1CC. The molecule has 0 spiro atoms. The first-order valence-electron chi connectivity index (χ1n) is 7.29. The number of hydrogen-bond donors (Lipinski definition) is 1. The second-order valence-corrected chi connectivity index (χ2v) is 5.06. The maximum absolute atomic E-state index is 5.86. The molecule has 2 rings (SSSR count). The highest BCUT2D eigenvalue weighted by Gasteiger charge is 2.12. The average Bonchev–Trinajstić information content (AvgIpc) is 2.50. The lowest BCUT2D eigenvalue weighted by atomic mass is 10.1. The van der Waals surface area contributed by atoms with Crippen molar-refractivity contribution in [3.63, 3.8) is 0 Å². The van der Waals surface area contributed by atoms with Gasteiger partial charge in [-0.05, 0) is 43.4 Å². The summed E-state index contributed by atoms with van der Waals surface area (Å²) in [6.07, 6.45) is 1.64. The third kappa shape index (κ3) is 3.36. The molecule has 0 saturated carbocycles. The van der Waals surface area contributed by atoms with E-state index in [0.29, 0.717) is 12.6 Å². The van der Waals surface area contributed by atoms with Gasteiger partial charge in [-0.15, -0.1) is 5.10 Å². The zero-order valence-electron chi connectivity index (χ0n) is 13.1. The van der Waals surface area contributed by atoms with Crippen molar-refractivity contribution in [2.24, 2.45) is 5.73 Å². The number of hydrogen-bond acceptors (Lipinski definition) is 5. The molecule has 0 amide bonds. The van der Waals surface area contributed by atoms with E-state index in [2.05, 4.69) is 22.1 Å². The maximum atomic E-state index is 5.86. The van der Waals surface area contributed by atoms with Crippen molar-refractivity contribution in [3.8, 4) is 11.8 Å². The third-order valence-electron chi connectivity index (χ3n) is 3.44. The van der Waals surface area contributed by atoms with E-state index >= 15 is 0 Å². The van der Waals surface area contributed by atoms with E-state index in [0.717, 1.165) is 46.7 Å². The predicted octanol–water partition coefficient (Wildman–Crippen LogP) is 2.86. The molecule has 0 fully saturated rings. The van der Waals surface area contributed by atoms with E-state index in [1.165, 1.54) is 0 Å². The van der Waals surface area contributed by atoms with Crippen molar-refractivity contribution in [3.05, 3.63) is 40.2 Å². The van der Waals surface area contributed by atoms with E-state index in [4.69, 9.17) is 10.5 Å². The van der Waals surface area contributed by atoms with Crippen LogP contribution in [0.25, 0.3) is 0 Å². The minimum absolute atomic E-state index is 0.302. The fourth-order valence-corrected chi connectivity index (χ4v) is 2.37. The molecule has 0 radical (unpaired) electrons. The number of aromatic nitrogens is 3. The van der Waals surface area contributed by atoms with Crippen LogP contribution in [0.15, 0.2) is 12.1 Å². The van der Waals surface area contributed by atoms with Gasteiger partial charge in [0.05, 0.1) is 11.4 Å². The van der Waals surface area contributed by atoms with Crippen molar-refractivity contribution in [1.29, 1.82) is 0 Å². The lowest BCUT2D eigenvalue weighted by molar-refractivity contribution is 0.422.